The summed E-state index contributed by atoms with van der Waals surface area (Å²) in [6, 6.07) is 0. The molecule has 15 heavy (non-hydrogen) atoms. The van der Waals surface area contributed by atoms with Crippen molar-refractivity contribution in [1.82, 2.24) is 0 Å². The maximum atomic E-state index is 10.2. The molecule has 0 spiro atoms. The molecule has 0 aromatic rings. The van der Waals surface area contributed by atoms with E-state index in [4.69, 9.17) is 5.11 Å². The maximum absolute atomic E-state index is 10.2. The Hall–Kier alpha value is -0.830. The molecular weight excluding hydrogens is 192 g/mol. The number of aliphatic hydroxyl groups excluding tert-OH is 1. The van der Waals surface area contributed by atoms with Gasteiger partial charge in [-0.05, 0) is 25.7 Å². The van der Waals surface area contributed by atoms with Gasteiger partial charge in [-0.15, -0.1) is 0 Å². The molecule has 1 aliphatic rings. The van der Waals surface area contributed by atoms with Crippen LogP contribution < -0.4 is 0 Å². The number of carbonyl (C=O) groups is 1. The molecule has 0 bridgehead atoms. The Morgan fingerprint density at radius 2 is 1.93 bits per heavy atom. The lowest BCUT2D eigenvalue weighted by molar-refractivity contribution is -0.136. The fourth-order valence-electron chi connectivity index (χ4n) is 1.54. The van der Waals surface area contributed by atoms with Gasteiger partial charge >= 0.3 is 5.97 Å². The topological polar surface area (TPSA) is 46.5 Å². The van der Waals surface area contributed by atoms with Crippen LogP contribution in [-0.4, -0.2) is 24.8 Å². The van der Waals surface area contributed by atoms with E-state index in [1.165, 1.54) is 39.2 Å². The lowest BCUT2D eigenvalue weighted by Crippen LogP contribution is -2.09. The van der Waals surface area contributed by atoms with Crippen LogP contribution in [0, 0.1) is 5.92 Å². The van der Waals surface area contributed by atoms with E-state index in [0.717, 1.165) is 0 Å². The van der Waals surface area contributed by atoms with Crippen LogP contribution in [0.1, 0.15) is 39.0 Å². The van der Waals surface area contributed by atoms with Gasteiger partial charge in [-0.2, -0.15) is 0 Å². The summed E-state index contributed by atoms with van der Waals surface area (Å²) in [6.07, 6.45) is 6.58. The minimum absolute atomic E-state index is 0.347. The average Bonchev–Trinajstić information content (AvgIpc) is 2.29. The second kappa shape index (κ2) is 8.48. The molecule has 3 nitrogen and oxygen atoms in total. The molecule has 0 aromatic heterocycles. The molecule has 1 rings (SSSR count). The third-order valence-electron chi connectivity index (χ3n) is 2.52. The summed E-state index contributed by atoms with van der Waals surface area (Å²) in [5.41, 5.74) is 0.433. The Bertz CT molecular complexity index is 193. The van der Waals surface area contributed by atoms with Crippen molar-refractivity contribution in [3.8, 4) is 0 Å². The largest absolute Gasteiger partial charge is 0.466 e. The van der Waals surface area contributed by atoms with Gasteiger partial charge in [-0.25, -0.2) is 4.79 Å². The number of ether oxygens (including phenoxy) is 1. The summed E-state index contributed by atoms with van der Waals surface area (Å²) in [4.78, 5) is 10.2. The molecule has 0 unspecified atom stereocenters. The van der Waals surface area contributed by atoms with Gasteiger partial charge in [-0.3, -0.25) is 0 Å². The monoisotopic (exact) mass is 214 g/mol. The van der Waals surface area contributed by atoms with E-state index in [9.17, 15) is 4.79 Å². The van der Waals surface area contributed by atoms with Gasteiger partial charge in [0.2, 0.25) is 0 Å². The van der Waals surface area contributed by atoms with Gasteiger partial charge in [0.15, 0.2) is 0 Å². The molecule has 1 N–H and O–H groups in total. The minimum atomic E-state index is -0.347. The Morgan fingerprint density at radius 1 is 1.40 bits per heavy atom. The molecule has 88 valence electrons. The Morgan fingerprint density at radius 3 is 2.13 bits per heavy atom. The first-order chi connectivity index (χ1) is 7.11. The van der Waals surface area contributed by atoms with Crippen LogP contribution in [0.2, 0.25) is 0 Å². The van der Waals surface area contributed by atoms with Crippen molar-refractivity contribution in [2.75, 3.05) is 13.7 Å². The summed E-state index contributed by atoms with van der Waals surface area (Å²) in [6.45, 7) is 5.37. The number of hydrogen-bond donors (Lipinski definition) is 1. The first-order valence-corrected chi connectivity index (χ1v) is 5.46. The van der Waals surface area contributed by atoms with E-state index >= 15 is 0 Å². The summed E-state index contributed by atoms with van der Waals surface area (Å²) in [7, 11) is 1.33. The van der Waals surface area contributed by atoms with Crippen molar-refractivity contribution in [3.05, 3.63) is 12.2 Å². The van der Waals surface area contributed by atoms with Gasteiger partial charge in [0, 0.05) is 12.2 Å². The van der Waals surface area contributed by atoms with Gasteiger partial charge in [0.05, 0.1) is 7.11 Å². The molecule has 0 amide bonds. The number of esters is 1. The van der Waals surface area contributed by atoms with Gasteiger partial charge in [0.1, 0.15) is 0 Å². The van der Waals surface area contributed by atoms with Crippen molar-refractivity contribution in [3.63, 3.8) is 0 Å². The van der Waals surface area contributed by atoms with Crippen LogP contribution >= 0.6 is 0 Å². The van der Waals surface area contributed by atoms with Crippen molar-refractivity contribution in [2.45, 2.75) is 39.0 Å². The number of hydrogen-bond acceptors (Lipinski definition) is 3. The minimum Gasteiger partial charge on any atom is -0.466 e. The van der Waals surface area contributed by atoms with E-state index in [1.54, 1.807) is 6.92 Å². The summed E-state index contributed by atoms with van der Waals surface area (Å²) >= 11 is 0. The zero-order chi connectivity index (χ0) is 11.7. The van der Waals surface area contributed by atoms with Crippen LogP contribution in [0.4, 0.5) is 0 Å². The van der Waals surface area contributed by atoms with E-state index in [2.05, 4.69) is 11.3 Å². The second-order valence-corrected chi connectivity index (χ2v) is 3.96. The molecule has 1 aliphatic carbocycles. The predicted molar refractivity (Wildman–Crippen MR) is 60.5 cm³/mol. The molecule has 0 aliphatic heterocycles. The fourth-order valence-corrected chi connectivity index (χ4v) is 1.54. The standard InChI is InChI=1S/C7H14O.C5H8O2/c8-6-7-4-2-1-3-5-7;1-4(2)5(6)7-3/h7-8H,1-6H2;1H2,2-3H3. The zero-order valence-corrected chi connectivity index (χ0v) is 9.79. The highest BCUT2D eigenvalue weighted by atomic mass is 16.5. The molecule has 0 aromatic carbocycles. The first-order valence-electron chi connectivity index (χ1n) is 5.46. The SMILES string of the molecule is C=C(C)C(=O)OC.OCC1CCCCC1. The number of carbonyl (C=O) groups excluding carboxylic acids is 1. The smallest absolute Gasteiger partial charge is 0.332 e. The predicted octanol–water partition coefficient (Wildman–Crippen LogP) is 2.29. The Labute approximate surface area is 92.1 Å². The molecule has 0 saturated heterocycles. The van der Waals surface area contributed by atoms with Crippen molar-refractivity contribution in [1.29, 1.82) is 0 Å². The van der Waals surface area contributed by atoms with E-state index in [-0.39, 0.29) is 5.97 Å². The second-order valence-electron chi connectivity index (χ2n) is 3.96. The van der Waals surface area contributed by atoms with Crippen LogP contribution in [0.25, 0.3) is 0 Å². The quantitative estimate of drug-likeness (QED) is 0.566. The number of methoxy groups -OCH3 is 1. The van der Waals surface area contributed by atoms with E-state index in [0.29, 0.717) is 18.1 Å². The Kier molecular flexibility index (Phi) is 8.01. The van der Waals surface area contributed by atoms with E-state index < -0.39 is 0 Å². The molecule has 3 heteroatoms. The number of rotatable bonds is 2. The highest BCUT2D eigenvalue weighted by Gasteiger charge is 2.10. The molecule has 0 heterocycles. The third kappa shape index (κ3) is 7.14. The average molecular weight is 214 g/mol. The van der Waals surface area contributed by atoms with Gasteiger partial charge in [-0.1, -0.05) is 25.8 Å². The lowest BCUT2D eigenvalue weighted by Gasteiger charge is -2.18. The normalized spacial score (nSPS) is 16.2. The summed E-state index contributed by atoms with van der Waals surface area (Å²) in [5.74, 6) is 0.295. The van der Waals surface area contributed by atoms with Gasteiger partial charge < -0.3 is 9.84 Å². The summed E-state index contributed by atoms with van der Waals surface area (Å²) in [5, 5.41) is 8.69. The summed E-state index contributed by atoms with van der Waals surface area (Å²) < 4.78 is 4.27. The van der Waals surface area contributed by atoms with Crippen LogP contribution in [0.3, 0.4) is 0 Å². The van der Waals surface area contributed by atoms with Crippen LogP contribution in [-0.2, 0) is 9.53 Å². The molecule has 0 atom stereocenters. The van der Waals surface area contributed by atoms with E-state index in [1.807, 2.05) is 0 Å². The third-order valence-corrected chi connectivity index (χ3v) is 2.52. The maximum Gasteiger partial charge on any atom is 0.332 e. The molecular formula is C12H22O3. The molecule has 1 fully saturated rings. The molecule has 1 saturated carbocycles. The van der Waals surface area contributed by atoms with Crippen LogP contribution in [0.15, 0.2) is 12.2 Å². The van der Waals surface area contributed by atoms with Crippen LogP contribution in [0.5, 0.6) is 0 Å². The van der Waals surface area contributed by atoms with Crippen molar-refractivity contribution < 1.29 is 14.6 Å². The van der Waals surface area contributed by atoms with Gasteiger partial charge in [0.25, 0.3) is 0 Å². The fraction of sp³-hybridized carbons (Fsp3) is 0.750. The molecule has 0 radical (unpaired) electrons. The van der Waals surface area contributed by atoms with Crippen molar-refractivity contribution >= 4 is 5.97 Å². The highest BCUT2D eigenvalue weighted by Crippen LogP contribution is 2.22. The number of aliphatic hydroxyl groups is 1. The zero-order valence-electron chi connectivity index (χ0n) is 9.79. The Balaban J connectivity index is 0.000000265. The lowest BCUT2D eigenvalue weighted by atomic mass is 9.90. The highest BCUT2D eigenvalue weighted by molar-refractivity contribution is 5.86. The van der Waals surface area contributed by atoms with Crippen molar-refractivity contribution in [2.24, 2.45) is 5.92 Å². The first kappa shape index (κ1) is 14.2.